The Labute approximate surface area is 101 Å². The second-order valence-corrected chi connectivity index (χ2v) is 4.36. The summed E-state index contributed by atoms with van der Waals surface area (Å²) >= 11 is 0. The fourth-order valence-corrected chi connectivity index (χ4v) is 2.14. The average molecular weight is 222 g/mol. The van der Waals surface area contributed by atoms with Crippen LogP contribution in [0.25, 0.3) is 16.9 Å². The van der Waals surface area contributed by atoms with E-state index in [1.54, 1.807) is 0 Å². The normalized spacial score (nSPS) is 10.9. The van der Waals surface area contributed by atoms with E-state index in [1.807, 2.05) is 12.3 Å². The van der Waals surface area contributed by atoms with Crippen LogP contribution in [0, 0.1) is 13.8 Å². The Morgan fingerprint density at radius 3 is 2.47 bits per heavy atom. The summed E-state index contributed by atoms with van der Waals surface area (Å²) in [6.45, 7) is 4.20. The summed E-state index contributed by atoms with van der Waals surface area (Å²) in [5.41, 5.74) is 5.74. The maximum Gasteiger partial charge on any atom is 0.140 e. The minimum Gasteiger partial charge on any atom is -0.306 e. The molecule has 2 nitrogen and oxygen atoms in total. The molecule has 0 N–H and O–H groups in total. The van der Waals surface area contributed by atoms with Crippen LogP contribution in [-0.2, 0) is 0 Å². The summed E-state index contributed by atoms with van der Waals surface area (Å²) in [5, 5.41) is 0. The monoisotopic (exact) mass is 222 g/mol. The summed E-state index contributed by atoms with van der Waals surface area (Å²) in [5.74, 6) is 0. The van der Waals surface area contributed by atoms with Crippen molar-refractivity contribution in [2.75, 3.05) is 0 Å². The van der Waals surface area contributed by atoms with Crippen molar-refractivity contribution in [3.05, 3.63) is 59.9 Å². The van der Waals surface area contributed by atoms with E-state index >= 15 is 0 Å². The molecule has 0 aliphatic carbocycles. The standard InChI is InChI=1S/C15H14N2/c1-11-6-3-4-8-13(11)14-10-17-9-5-7-12(2)15(17)16-14/h3-10H,1-2H3. The largest absolute Gasteiger partial charge is 0.306 e. The molecule has 2 heterocycles. The van der Waals surface area contributed by atoms with Crippen LogP contribution in [0.4, 0.5) is 0 Å². The number of pyridine rings is 1. The topological polar surface area (TPSA) is 17.3 Å². The van der Waals surface area contributed by atoms with Crippen LogP contribution in [0.5, 0.6) is 0 Å². The van der Waals surface area contributed by atoms with Crippen molar-refractivity contribution in [2.24, 2.45) is 0 Å². The van der Waals surface area contributed by atoms with Crippen molar-refractivity contribution >= 4 is 5.65 Å². The van der Waals surface area contributed by atoms with Crippen LogP contribution >= 0.6 is 0 Å². The predicted molar refractivity (Wildman–Crippen MR) is 70.1 cm³/mol. The molecular formula is C15H14N2. The van der Waals surface area contributed by atoms with Crippen molar-refractivity contribution in [2.45, 2.75) is 13.8 Å². The molecule has 17 heavy (non-hydrogen) atoms. The molecule has 1 aromatic carbocycles. The highest BCUT2D eigenvalue weighted by Crippen LogP contribution is 2.23. The average Bonchev–Trinajstić information content (AvgIpc) is 2.75. The third kappa shape index (κ3) is 1.62. The van der Waals surface area contributed by atoms with E-state index in [0.29, 0.717) is 0 Å². The molecule has 3 aromatic rings. The Kier molecular flexibility index (Phi) is 2.22. The molecule has 0 saturated carbocycles. The first kappa shape index (κ1) is 10.1. The number of aryl methyl sites for hydroxylation is 2. The van der Waals surface area contributed by atoms with Crippen molar-refractivity contribution in [3.63, 3.8) is 0 Å². The van der Waals surface area contributed by atoms with E-state index in [4.69, 9.17) is 4.98 Å². The lowest BCUT2D eigenvalue weighted by Crippen LogP contribution is -1.84. The van der Waals surface area contributed by atoms with Gasteiger partial charge in [-0.3, -0.25) is 0 Å². The van der Waals surface area contributed by atoms with Crippen molar-refractivity contribution in [3.8, 4) is 11.3 Å². The van der Waals surface area contributed by atoms with E-state index in [-0.39, 0.29) is 0 Å². The molecule has 0 spiro atoms. The van der Waals surface area contributed by atoms with E-state index in [2.05, 4.69) is 54.8 Å². The van der Waals surface area contributed by atoms with Gasteiger partial charge in [0.2, 0.25) is 0 Å². The molecule has 0 fully saturated rings. The van der Waals surface area contributed by atoms with E-state index in [0.717, 1.165) is 11.3 Å². The summed E-state index contributed by atoms with van der Waals surface area (Å²) in [6, 6.07) is 12.5. The quantitative estimate of drug-likeness (QED) is 0.614. The first-order valence-electron chi connectivity index (χ1n) is 5.76. The Hall–Kier alpha value is -2.09. The number of hydrogen-bond acceptors (Lipinski definition) is 1. The number of rotatable bonds is 1. The highest BCUT2D eigenvalue weighted by atomic mass is 15.0. The van der Waals surface area contributed by atoms with Gasteiger partial charge in [0.15, 0.2) is 0 Å². The lowest BCUT2D eigenvalue weighted by Gasteiger charge is -1.99. The maximum absolute atomic E-state index is 4.71. The van der Waals surface area contributed by atoms with E-state index in [9.17, 15) is 0 Å². The molecule has 0 saturated heterocycles. The van der Waals surface area contributed by atoms with Crippen LogP contribution in [0.1, 0.15) is 11.1 Å². The second kappa shape index (κ2) is 3.74. The molecule has 0 amide bonds. The molecular weight excluding hydrogens is 208 g/mol. The van der Waals surface area contributed by atoms with Gasteiger partial charge in [-0.05, 0) is 31.0 Å². The predicted octanol–water partition coefficient (Wildman–Crippen LogP) is 3.62. The summed E-state index contributed by atoms with van der Waals surface area (Å²) in [6.07, 6.45) is 4.13. The van der Waals surface area contributed by atoms with Gasteiger partial charge in [-0.25, -0.2) is 4.98 Å². The molecule has 0 atom stereocenters. The molecule has 0 radical (unpaired) electrons. The van der Waals surface area contributed by atoms with Crippen LogP contribution in [-0.4, -0.2) is 9.38 Å². The van der Waals surface area contributed by atoms with Crippen molar-refractivity contribution < 1.29 is 0 Å². The van der Waals surface area contributed by atoms with E-state index in [1.165, 1.54) is 16.7 Å². The van der Waals surface area contributed by atoms with Gasteiger partial charge in [0, 0.05) is 18.0 Å². The molecule has 0 aliphatic rings. The van der Waals surface area contributed by atoms with Crippen LogP contribution in [0.2, 0.25) is 0 Å². The van der Waals surface area contributed by atoms with Gasteiger partial charge in [0.25, 0.3) is 0 Å². The molecule has 84 valence electrons. The van der Waals surface area contributed by atoms with Gasteiger partial charge < -0.3 is 4.40 Å². The highest BCUT2D eigenvalue weighted by molar-refractivity contribution is 5.66. The van der Waals surface area contributed by atoms with Crippen LogP contribution in [0.3, 0.4) is 0 Å². The fourth-order valence-electron chi connectivity index (χ4n) is 2.14. The van der Waals surface area contributed by atoms with Gasteiger partial charge in [-0.2, -0.15) is 0 Å². The molecule has 0 aliphatic heterocycles. The number of imidazole rings is 1. The third-order valence-electron chi connectivity index (χ3n) is 3.10. The third-order valence-corrected chi connectivity index (χ3v) is 3.10. The molecule has 2 aromatic heterocycles. The number of aromatic nitrogens is 2. The fraction of sp³-hybridized carbons (Fsp3) is 0.133. The van der Waals surface area contributed by atoms with Gasteiger partial charge in [0.05, 0.1) is 5.69 Å². The molecule has 0 unspecified atom stereocenters. The number of nitrogens with zero attached hydrogens (tertiary/aromatic N) is 2. The van der Waals surface area contributed by atoms with Crippen LogP contribution < -0.4 is 0 Å². The zero-order chi connectivity index (χ0) is 11.8. The maximum atomic E-state index is 4.71. The summed E-state index contributed by atoms with van der Waals surface area (Å²) in [7, 11) is 0. The number of benzene rings is 1. The Bertz CT molecular complexity index is 680. The highest BCUT2D eigenvalue weighted by Gasteiger charge is 2.07. The smallest absolute Gasteiger partial charge is 0.140 e. The van der Waals surface area contributed by atoms with Gasteiger partial charge in [-0.1, -0.05) is 30.3 Å². The lowest BCUT2D eigenvalue weighted by atomic mass is 10.1. The second-order valence-electron chi connectivity index (χ2n) is 4.36. The Balaban J connectivity index is 2.26. The minimum atomic E-state index is 1.03. The zero-order valence-corrected chi connectivity index (χ0v) is 10.0. The lowest BCUT2D eigenvalue weighted by molar-refractivity contribution is 1.16. The first-order chi connectivity index (χ1) is 8.25. The molecule has 0 bridgehead atoms. The zero-order valence-electron chi connectivity index (χ0n) is 10.0. The Morgan fingerprint density at radius 2 is 1.71 bits per heavy atom. The molecule has 3 rings (SSSR count). The van der Waals surface area contributed by atoms with E-state index < -0.39 is 0 Å². The van der Waals surface area contributed by atoms with Crippen molar-refractivity contribution in [1.82, 2.24) is 9.38 Å². The van der Waals surface area contributed by atoms with Gasteiger partial charge >= 0.3 is 0 Å². The minimum absolute atomic E-state index is 1.03. The van der Waals surface area contributed by atoms with Crippen LogP contribution in [0.15, 0.2) is 48.8 Å². The SMILES string of the molecule is Cc1ccccc1-c1cn2cccc(C)c2n1. The number of fused-ring (bicyclic) bond motifs is 1. The van der Waals surface area contributed by atoms with Gasteiger partial charge in [-0.15, -0.1) is 0 Å². The summed E-state index contributed by atoms with van der Waals surface area (Å²) < 4.78 is 2.08. The van der Waals surface area contributed by atoms with Crippen molar-refractivity contribution in [1.29, 1.82) is 0 Å². The first-order valence-corrected chi connectivity index (χ1v) is 5.76. The Morgan fingerprint density at radius 1 is 0.941 bits per heavy atom. The summed E-state index contributed by atoms with van der Waals surface area (Å²) in [4.78, 5) is 4.71. The van der Waals surface area contributed by atoms with Gasteiger partial charge in [0.1, 0.15) is 5.65 Å². The number of hydrogen-bond donors (Lipinski definition) is 0. The molecule has 2 heteroatoms.